The van der Waals surface area contributed by atoms with Crippen molar-refractivity contribution < 1.29 is 9.59 Å². The highest BCUT2D eigenvalue weighted by Gasteiger charge is 2.31. The summed E-state index contributed by atoms with van der Waals surface area (Å²) >= 11 is 0. The quantitative estimate of drug-likeness (QED) is 0.0824. The van der Waals surface area contributed by atoms with Crippen LogP contribution >= 0.6 is 0 Å². The summed E-state index contributed by atoms with van der Waals surface area (Å²) in [5, 5.41) is 0. The lowest BCUT2D eigenvalue weighted by Crippen LogP contribution is -2.41. The topological polar surface area (TPSA) is 40.6 Å². The summed E-state index contributed by atoms with van der Waals surface area (Å²) in [5.74, 6) is -1.19. The van der Waals surface area contributed by atoms with Crippen LogP contribution in [0.15, 0.2) is 109 Å². The van der Waals surface area contributed by atoms with Gasteiger partial charge in [0.25, 0.3) is 0 Å². The van der Waals surface area contributed by atoms with E-state index in [0.29, 0.717) is 17.1 Å². The molecule has 0 bridgehead atoms. The molecule has 0 aliphatic carbocycles. The van der Waals surface area contributed by atoms with E-state index in [9.17, 15) is 9.59 Å². The van der Waals surface area contributed by atoms with Gasteiger partial charge < -0.3 is 0 Å². The van der Waals surface area contributed by atoms with Crippen LogP contribution in [0.25, 0.3) is 0 Å². The normalized spacial score (nSPS) is 10.9. The molecule has 4 rings (SSSR count). The molecule has 0 aliphatic rings. The highest BCUT2D eigenvalue weighted by Crippen LogP contribution is 2.32. The largest absolute Gasteiger partial charge is 0.321 e. The molecule has 0 fully saturated rings. The molecule has 0 unspecified atom stereocenters. The Kier molecular flexibility index (Phi) is 14.6. The molecular weight excluding hydrogens is 564 g/mol. The van der Waals surface area contributed by atoms with Gasteiger partial charge in [0.05, 0.1) is 0 Å². The third-order valence-corrected chi connectivity index (χ3v) is 8.68. The molecule has 0 atom stereocenters. The molecule has 242 valence electrons. The third-order valence-electron chi connectivity index (χ3n) is 8.68. The van der Waals surface area contributed by atoms with Gasteiger partial charge in [0.15, 0.2) is 0 Å². The number of unbranched alkanes of at least 4 members (excludes halogenated alkanes) is 10. The summed E-state index contributed by atoms with van der Waals surface area (Å²) in [6.07, 6.45) is 17.1. The minimum atomic E-state index is -0.602. The second kappa shape index (κ2) is 19.4. The number of amides is 2. The second-order valence-corrected chi connectivity index (χ2v) is 12.3. The molecule has 0 aliphatic heterocycles. The van der Waals surface area contributed by atoms with Gasteiger partial charge in [0, 0.05) is 22.7 Å². The van der Waals surface area contributed by atoms with Gasteiger partial charge in [-0.1, -0.05) is 139 Å². The molecule has 46 heavy (non-hydrogen) atoms. The fourth-order valence-electron chi connectivity index (χ4n) is 6.11. The van der Waals surface area contributed by atoms with Crippen LogP contribution < -0.4 is 9.80 Å². The van der Waals surface area contributed by atoms with Crippen LogP contribution in [0.4, 0.5) is 22.7 Å². The number of para-hydroxylation sites is 3. The Morgan fingerprint density at radius 1 is 0.413 bits per heavy atom. The van der Waals surface area contributed by atoms with E-state index in [2.05, 4.69) is 26.0 Å². The summed E-state index contributed by atoms with van der Waals surface area (Å²) in [4.78, 5) is 31.8. The molecule has 0 N–H and O–H groups in total. The molecule has 2 amide bonds. The van der Waals surface area contributed by atoms with Crippen LogP contribution in [0, 0.1) is 0 Å². The minimum Gasteiger partial charge on any atom is -0.273 e. The number of benzene rings is 4. The molecule has 4 heteroatoms. The maximum Gasteiger partial charge on any atom is 0.321 e. The Morgan fingerprint density at radius 2 is 0.783 bits per heavy atom. The molecule has 0 saturated carbocycles. The monoisotopic (exact) mass is 616 g/mol. The van der Waals surface area contributed by atoms with Gasteiger partial charge in [-0.25, -0.2) is 0 Å². The maximum atomic E-state index is 14.4. The Balaban J connectivity index is 1.65. The predicted octanol–water partition coefficient (Wildman–Crippen LogP) is 11.5. The van der Waals surface area contributed by atoms with Gasteiger partial charge in [-0.15, -0.1) is 0 Å². The maximum absolute atomic E-state index is 14.4. The molecule has 0 heterocycles. The van der Waals surface area contributed by atoms with Gasteiger partial charge >= 0.3 is 11.8 Å². The Bertz CT molecular complexity index is 1410. The second-order valence-electron chi connectivity index (χ2n) is 12.3. The summed E-state index contributed by atoms with van der Waals surface area (Å²) in [6.45, 7) is 4.51. The number of carbonyl (C=O) groups is 2. The fourth-order valence-corrected chi connectivity index (χ4v) is 6.11. The van der Waals surface area contributed by atoms with E-state index in [1.54, 1.807) is 4.90 Å². The van der Waals surface area contributed by atoms with Crippen molar-refractivity contribution in [2.45, 2.75) is 104 Å². The van der Waals surface area contributed by atoms with Crippen LogP contribution in [0.1, 0.15) is 102 Å². The molecule has 4 nitrogen and oxygen atoms in total. The lowest BCUT2D eigenvalue weighted by Gasteiger charge is -2.28. The lowest BCUT2D eigenvalue weighted by molar-refractivity contribution is -0.135. The first kappa shape index (κ1) is 34.7. The van der Waals surface area contributed by atoms with Crippen molar-refractivity contribution in [2.24, 2.45) is 0 Å². The van der Waals surface area contributed by atoms with Gasteiger partial charge in [0.1, 0.15) is 0 Å². The Labute approximate surface area is 277 Å². The van der Waals surface area contributed by atoms with Gasteiger partial charge in [-0.2, -0.15) is 0 Å². The van der Waals surface area contributed by atoms with Gasteiger partial charge in [-0.05, 0) is 85.3 Å². The summed E-state index contributed by atoms with van der Waals surface area (Å²) in [7, 11) is 0. The first-order valence-corrected chi connectivity index (χ1v) is 17.6. The zero-order chi connectivity index (χ0) is 32.4. The molecule has 0 radical (unpaired) electrons. The highest BCUT2D eigenvalue weighted by atomic mass is 16.2. The van der Waals surface area contributed by atoms with Crippen molar-refractivity contribution in [3.05, 3.63) is 120 Å². The number of hydrogen-bond acceptors (Lipinski definition) is 2. The molecule has 4 aromatic carbocycles. The molecule has 0 saturated heterocycles. The van der Waals surface area contributed by atoms with E-state index in [1.807, 2.05) is 97.1 Å². The van der Waals surface area contributed by atoms with E-state index < -0.39 is 11.8 Å². The van der Waals surface area contributed by atoms with E-state index in [0.717, 1.165) is 24.9 Å². The van der Waals surface area contributed by atoms with E-state index in [-0.39, 0.29) is 0 Å². The van der Waals surface area contributed by atoms with Crippen LogP contribution in [-0.4, -0.2) is 11.8 Å². The van der Waals surface area contributed by atoms with Crippen LogP contribution in [0.2, 0.25) is 0 Å². The van der Waals surface area contributed by atoms with Crippen molar-refractivity contribution in [1.29, 1.82) is 0 Å². The number of nitrogens with zero attached hydrogens (tertiary/aromatic N) is 2. The average molecular weight is 617 g/mol. The smallest absolute Gasteiger partial charge is 0.273 e. The first-order valence-electron chi connectivity index (χ1n) is 17.6. The standard InChI is InChI=1S/C42H52N2O2/c1-3-5-7-9-11-16-24-35-32-33-40(34-36(35)25-17-12-10-8-6-4-2)44(39-30-22-15-23-31-39)42(46)41(45)43(37-26-18-13-19-27-37)38-28-20-14-21-29-38/h13-15,18-23,26-34H,3-12,16-17,24-25H2,1-2H3. The molecule has 4 aromatic rings. The number of anilines is 4. The summed E-state index contributed by atoms with van der Waals surface area (Å²) in [5.41, 5.74) is 5.38. The molecule has 0 aromatic heterocycles. The van der Waals surface area contributed by atoms with E-state index in [1.165, 1.54) is 86.7 Å². The van der Waals surface area contributed by atoms with Crippen molar-refractivity contribution in [3.8, 4) is 0 Å². The fraction of sp³-hybridized carbons (Fsp3) is 0.381. The van der Waals surface area contributed by atoms with Crippen LogP contribution in [0.3, 0.4) is 0 Å². The van der Waals surface area contributed by atoms with E-state index >= 15 is 0 Å². The number of aryl methyl sites for hydroxylation is 2. The van der Waals surface area contributed by atoms with Crippen molar-refractivity contribution in [3.63, 3.8) is 0 Å². The lowest BCUT2D eigenvalue weighted by atomic mass is 9.95. The summed E-state index contributed by atoms with van der Waals surface area (Å²) < 4.78 is 0. The van der Waals surface area contributed by atoms with Crippen LogP contribution in [0.5, 0.6) is 0 Å². The zero-order valence-electron chi connectivity index (χ0n) is 28.0. The average Bonchev–Trinajstić information content (AvgIpc) is 3.10. The van der Waals surface area contributed by atoms with E-state index in [4.69, 9.17) is 0 Å². The number of hydrogen-bond donors (Lipinski definition) is 0. The summed E-state index contributed by atoms with van der Waals surface area (Å²) in [6, 6.07) is 34.8. The number of carbonyl (C=O) groups excluding carboxylic acids is 2. The van der Waals surface area contributed by atoms with Crippen molar-refractivity contribution >= 4 is 34.6 Å². The van der Waals surface area contributed by atoms with Crippen molar-refractivity contribution in [2.75, 3.05) is 9.80 Å². The van der Waals surface area contributed by atoms with Gasteiger partial charge in [-0.3, -0.25) is 19.4 Å². The SMILES string of the molecule is CCCCCCCCc1ccc(N(C(=O)C(=O)N(c2ccccc2)c2ccccc2)c2ccccc2)cc1CCCCCCCC. The Morgan fingerprint density at radius 3 is 1.22 bits per heavy atom. The molecule has 0 spiro atoms. The number of rotatable bonds is 18. The third kappa shape index (κ3) is 10.2. The first-order chi connectivity index (χ1) is 22.6. The predicted molar refractivity (Wildman–Crippen MR) is 194 cm³/mol. The molecular formula is C42H52N2O2. The van der Waals surface area contributed by atoms with Gasteiger partial charge in [0.2, 0.25) is 0 Å². The minimum absolute atomic E-state index is 0.590. The highest BCUT2D eigenvalue weighted by molar-refractivity contribution is 6.47. The van der Waals surface area contributed by atoms with Crippen molar-refractivity contribution in [1.82, 2.24) is 0 Å². The zero-order valence-corrected chi connectivity index (χ0v) is 28.0. The Hall–Kier alpha value is -4.18. The van der Waals surface area contributed by atoms with Crippen LogP contribution in [-0.2, 0) is 22.4 Å².